The van der Waals surface area contributed by atoms with Crippen molar-refractivity contribution in [2.75, 3.05) is 0 Å². The zero-order chi connectivity index (χ0) is 11.0. The van der Waals surface area contributed by atoms with Crippen LogP contribution in [-0.2, 0) is 6.54 Å². The Balaban J connectivity index is 2.11. The molecule has 4 nitrogen and oxygen atoms in total. The van der Waals surface area contributed by atoms with E-state index < -0.39 is 0 Å². The minimum atomic E-state index is -0.356. The maximum absolute atomic E-state index is 11.8. The molecule has 1 saturated carbocycles. The number of hydrogen-bond acceptors (Lipinski definition) is 2. The zero-order valence-corrected chi connectivity index (χ0v) is 9.26. The second kappa shape index (κ2) is 3.85. The maximum atomic E-state index is 11.8. The van der Waals surface area contributed by atoms with Crippen LogP contribution in [0.25, 0.3) is 0 Å². The van der Waals surface area contributed by atoms with Crippen LogP contribution in [0.2, 0.25) is 0 Å². The summed E-state index contributed by atoms with van der Waals surface area (Å²) in [5.74, 6) is 0.416. The summed E-state index contributed by atoms with van der Waals surface area (Å²) in [6, 6.07) is 0.178. The minimum Gasteiger partial charge on any atom is -0.391 e. The molecule has 0 spiro atoms. The predicted molar refractivity (Wildman–Crippen MR) is 57.8 cm³/mol. The maximum Gasteiger partial charge on any atom is 0.328 e. The molecule has 0 aliphatic heterocycles. The first-order valence-corrected chi connectivity index (χ1v) is 5.55. The third-order valence-electron chi connectivity index (χ3n) is 2.98. The molecule has 0 bridgehead atoms. The molecule has 1 heterocycles. The number of rotatable bonds is 4. The van der Waals surface area contributed by atoms with Gasteiger partial charge in [-0.05, 0) is 32.6 Å². The Bertz CT molecular complexity index is 388. The number of aromatic nitrogens is 2. The van der Waals surface area contributed by atoms with Crippen molar-refractivity contribution >= 4 is 0 Å². The molecule has 1 unspecified atom stereocenters. The molecule has 84 valence electrons. The number of hydrogen-bond donors (Lipinski definition) is 1. The van der Waals surface area contributed by atoms with Crippen LogP contribution in [0.4, 0.5) is 0 Å². The van der Waals surface area contributed by atoms with Crippen molar-refractivity contribution < 1.29 is 5.11 Å². The largest absolute Gasteiger partial charge is 0.391 e. The molecular formula is C11H18N2O2. The van der Waals surface area contributed by atoms with Crippen LogP contribution in [0, 0.1) is 5.92 Å². The summed E-state index contributed by atoms with van der Waals surface area (Å²) in [7, 11) is 0. The standard InChI is InChI=1S/C11H18N2O2/c1-8(2)13-6-5-12(11(13)15)7-10(14)9-3-4-9/h5-6,8-10,14H,3-4,7H2,1-2H3. The van der Waals surface area contributed by atoms with E-state index in [0.29, 0.717) is 12.5 Å². The molecule has 15 heavy (non-hydrogen) atoms. The van der Waals surface area contributed by atoms with Crippen molar-refractivity contribution in [3.8, 4) is 0 Å². The highest BCUT2D eigenvalue weighted by Crippen LogP contribution is 2.32. The van der Waals surface area contributed by atoms with Gasteiger partial charge in [0.25, 0.3) is 0 Å². The minimum absolute atomic E-state index is 0.0234. The van der Waals surface area contributed by atoms with E-state index in [9.17, 15) is 9.90 Å². The van der Waals surface area contributed by atoms with Gasteiger partial charge in [-0.3, -0.25) is 9.13 Å². The topological polar surface area (TPSA) is 47.2 Å². The van der Waals surface area contributed by atoms with Crippen molar-refractivity contribution in [3.05, 3.63) is 22.9 Å². The Morgan fingerprint density at radius 2 is 2.13 bits per heavy atom. The quantitative estimate of drug-likeness (QED) is 0.806. The Morgan fingerprint density at radius 1 is 1.47 bits per heavy atom. The monoisotopic (exact) mass is 210 g/mol. The summed E-state index contributed by atoms with van der Waals surface area (Å²) in [6.07, 6.45) is 5.38. The van der Waals surface area contributed by atoms with Gasteiger partial charge in [0, 0.05) is 18.4 Å². The SMILES string of the molecule is CC(C)n1ccn(CC(O)C2CC2)c1=O. The first-order chi connectivity index (χ1) is 7.09. The number of aliphatic hydroxyl groups excluding tert-OH is 1. The smallest absolute Gasteiger partial charge is 0.328 e. The molecule has 1 aliphatic rings. The van der Waals surface area contributed by atoms with Crippen molar-refractivity contribution in [3.63, 3.8) is 0 Å². The van der Waals surface area contributed by atoms with E-state index >= 15 is 0 Å². The van der Waals surface area contributed by atoms with Crippen molar-refractivity contribution in [1.82, 2.24) is 9.13 Å². The molecule has 1 N–H and O–H groups in total. The summed E-state index contributed by atoms with van der Waals surface area (Å²) in [5, 5.41) is 9.75. The van der Waals surface area contributed by atoms with Crippen LogP contribution < -0.4 is 5.69 Å². The van der Waals surface area contributed by atoms with Crippen LogP contribution in [-0.4, -0.2) is 20.3 Å². The summed E-state index contributed by atoms with van der Waals surface area (Å²) >= 11 is 0. The van der Waals surface area contributed by atoms with Crippen LogP contribution >= 0.6 is 0 Å². The second-order valence-electron chi connectivity index (χ2n) is 4.64. The van der Waals surface area contributed by atoms with E-state index in [4.69, 9.17) is 0 Å². The molecule has 0 saturated heterocycles. The molecule has 1 atom stereocenters. The molecule has 0 amide bonds. The van der Waals surface area contributed by atoms with E-state index in [1.807, 2.05) is 13.8 Å². The van der Waals surface area contributed by atoms with Gasteiger partial charge in [-0.2, -0.15) is 0 Å². The Kier molecular flexibility index (Phi) is 2.69. The molecule has 1 fully saturated rings. The summed E-state index contributed by atoms with van der Waals surface area (Å²) in [6.45, 7) is 4.38. The van der Waals surface area contributed by atoms with Crippen LogP contribution in [0.15, 0.2) is 17.2 Å². The molecule has 2 rings (SSSR count). The van der Waals surface area contributed by atoms with Gasteiger partial charge < -0.3 is 5.11 Å². The molecule has 0 aromatic carbocycles. The van der Waals surface area contributed by atoms with Gasteiger partial charge in [0.1, 0.15) is 0 Å². The Hall–Kier alpha value is -1.03. The molecule has 1 aromatic rings. The van der Waals surface area contributed by atoms with Gasteiger partial charge in [0.15, 0.2) is 0 Å². The van der Waals surface area contributed by atoms with E-state index in [-0.39, 0.29) is 17.8 Å². The predicted octanol–water partition coefficient (Wildman–Crippen LogP) is 1.00. The van der Waals surface area contributed by atoms with E-state index in [2.05, 4.69) is 0 Å². The van der Waals surface area contributed by atoms with Gasteiger partial charge in [0.2, 0.25) is 0 Å². The van der Waals surface area contributed by atoms with Crippen LogP contribution in [0.1, 0.15) is 32.7 Å². The average molecular weight is 210 g/mol. The number of imidazole rings is 1. The fourth-order valence-corrected chi connectivity index (χ4v) is 1.79. The fourth-order valence-electron chi connectivity index (χ4n) is 1.79. The van der Waals surface area contributed by atoms with Crippen LogP contribution in [0.3, 0.4) is 0 Å². The summed E-state index contributed by atoms with van der Waals surface area (Å²) < 4.78 is 3.28. The molecule has 1 aliphatic carbocycles. The van der Waals surface area contributed by atoms with Crippen LogP contribution in [0.5, 0.6) is 0 Å². The molecular weight excluding hydrogens is 192 g/mol. The lowest BCUT2D eigenvalue weighted by Gasteiger charge is -2.09. The Labute approximate surface area is 89.1 Å². The average Bonchev–Trinajstić information content (AvgIpc) is 2.94. The van der Waals surface area contributed by atoms with E-state index in [1.165, 1.54) is 0 Å². The highest BCUT2D eigenvalue weighted by atomic mass is 16.3. The van der Waals surface area contributed by atoms with Gasteiger partial charge in [-0.1, -0.05) is 0 Å². The Morgan fingerprint density at radius 3 is 2.60 bits per heavy atom. The molecule has 1 aromatic heterocycles. The normalized spacial score (nSPS) is 18.4. The third-order valence-corrected chi connectivity index (χ3v) is 2.98. The van der Waals surface area contributed by atoms with Gasteiger partial charge in [-0.25, -0.2) is 4.79 Å². The first-order valence-electron chi connectivity index (χ1n) is 5.55. The van der Waals surface area contributed by atoms with Crippen molar-refractivity contribution in [2.45, 2.75) is 45.4 Å². The highest BCUT2D eigenvalue weighted by molar-refractivity contribution is 4.87. The molecule has 4 heteroatoms. The summed E-state index contributed by atoms with van der Waals surface area (Å²) in [4.78, 5) is 11.8. The lowest BCUT2D eigenvalue weighted by molar-refractivity contribution is 0.130. The lowest BCUT2D eigenvalue weighted by atomic mass is 10.2. The second-order valence-corrected chi connectivity index (χ2v) is 4.64. The van der Waals surface area contributed by atoms with Gasteiger partial charge in [0.05, 0.1) is 12.6 Å². The number of nitrogens with zero attached hydrogens (tertiary/aromatic N) is 2. The molecule has 0 radical (unpaired) electrons. The first kappa shape index (κ1) is 10.5. The fraction of sp³-hybridized carbons (Fsp3) is 0.727. The summed E-state index contributed by atoms with van der Waals surface area (Å²) in [5.41, 5.74) is -0.0234. The zero-order valence-electron chi connectivity index (χ0n) is 9.26. The van der Waals surface area contributed by atoms with Gasteiger partial charge >= 0.3 is 5.69 Å². The number of aliphatic hydroxyl groups is 1. The van der Waals surface area contributed by atoms with Gasteiger partial charge in [-0.15, -0.1) is 0 Å². The lowest BCUT2D eigenvalue weighted by Crippen LogP contribution is -2.29. The van der Waals surface area contributed by atoms with E-state index in [0.717, 1.165) is 12.8 Å². The van der Waals surface area contributed by atoms with E-state index in [1.54, 1.807) is 21.5 Å². The van der Waals surface area contributed by atoms with Crippen molar-refractivity contribution in [1.29, 1.82) is 0 Å². The highest BCUT2D eigenvalue weighted by Gasteiger charge is 2.30. The van der Waals surface area contributed by atoms with Crippen molar-refractivity contribution in [2.24, 2.45) is 5.92 Å². The third kappa shape index (κ3) is 2.15.